The van der Waals surface area contributed by atoms with Gasteiger partial charge in [-0.15, -0.1) is 11.8 Å². The van der Waals surface area contributed by atoms with E-state index >= 15 is 0 Å². The number of fused-ring (bicyclic) bond motifs is 3. The first kappa shape index (κ1) is 15.7. The number of rotatable bonds is 2. The Morgan fingerprint density at radius 2 is 1.27 bits per heavy atom. The molecule has 1 aliphatic heterocycles. The van der Waals surface area contributed by atoms with E-state index in [0.717, 1.165) is 6.42 Å². The first-order chi connectivity index (χ1) is 12.9. The van der Waals surface area contributed by atoms with Crippen LogP contribution >= 0.6 is 11.8 Å². The van der Waals surface area contributed by atoms with Crippen LogP contribution in [0.5, 0.6) is 0 Å². The molecule has 0 N–H and O–H groups in total. The monoisotopic (exact) mass is 352 g/mol. The maximum Gasteiger partial charge on any atom is 0.0353 e. The van der Waals surface area contributed by atoms with Crippen LogP contribution in [0.1, 0.15) is 34.3 Å². The largest absolute Gasteiger partial charge is 0.117 e. The molecule has 0 bridgehead atoms. The topological polar surface area (TPSA) is 0 Å². The predicted octanol–water partition coefficient (Wildman–Crippen LogP) is 7.21. The maximum atomic E-state index is 2.35. The van der Waals surface area contributed by atoms with Crippen LogP contribution in [0.3, 0.4) is 0 Å². The molecule has 0 aromatic heterocycles. The van der Waals surface area contributed by atoms with E-state index in [1.165, 1.54) is 32.4 Å². The molecule has 0 amide bonds. The van der Waals surface area contributed by atoms with Gasteiger partial charge in [-0.3, -0.25) is 0 Å². The second kappa shape index (κ2) is 6.66. The van der Waals surface area contributed by atoms with Gasteiger partial charge < -0.3 is 0 Å². The lowest BCUT2D eigenvalue weighted by Crippen LogP contribution is -2.12. The second-order valence-electron chi connectivity index (χ2n) is 6.92. The fourth-order valence-corrected chi connectivity index (χ4v) is 5.60. The Balaban J connectivity index is 1.70. The van der Waals surface area contributed by atoms with E-state index in [1.54, 1.807) is 0 Å². The Labute approximate surface area is 158 Å². The molecule has 0 spiro atoms. The normalized spacial score (nSPS) is 19.2. The van der Waals surface area contributed by atoms with Gasteiger partial charge in [0.1, 0.15) is 0 Å². The minimum absolute atomic E-state index is 0.447. The highest BCUT2D eigenvalue weighted by atomic mass is 32.2. The van der Waals surface area contributed by atoms with Gasteiger partial charge in [-0.1, -0.05) is 97.1 Å². The Morgan fingerprint density at radius 3 is 2.04 bits per heavy atom. The Morgan fingerprint density at radius 1 is 0.615 bits per heavy atom. The van der Waals surface area contributed by atoms with Crippen molar-refractivity contribution in [2.45, 2.75) is 22.5 Å². The van der Waals surface area contributed by atoms with Crippen LogP contribution < -0.4 is 0 Å². The molecular weight excluding hydrogens is 332 g/mol. The van der Waals surface area contributed by atoms with Gasteiger partial charge in [-0.25, -0.2) is 0 Å². The summed E-state index contributed by atoms with van der Waals surface area (Å²) in [6.07, 6.45) is 1.14. The van der Waals surface area contributed by atoms with Crippen molar-refractivity contribution in [2.75, 3.05) is 0 Å². The molecule has 0 nitrogen and oxygen atoms in total. The standard InChI is InChI=1S/C25H20S/c1-3-9-18(10-4-1)23-17-24(20-12-5-2-6-13-20)26-25-21-14-8-7-11-19(21)15-16-22(23)25/h1-16,23-24H,17H2. The zero-order chi connectivity index (χ0) is 17.3. The fraction of sp³-hybridized carbons (Fsp3) is 0.120. The number of benzene rings is 4. The van der Waals surface area contributed by atoms with E-state index in [2.05, 4.69) is 97.1 Å². The molecule has 4 aromatic rings. The van der Waals surface area contributed by atoms with E-state index in [-0.39, 0.29) is 0 Å². The van der Waals surface area contributed by atoms with Gasteiger partial charge in [0.15, 0.2) is 0 Å². The van der Waals surface area contributed by atoms with Gasteiger partial charge in [-0.05, 0) is 33.9 Å². The van der Waals surface area contributed by atoms with Crippen molar-refractivity contribution < 1.29 is 0 Å². The molecule has 2 unspecified atom stereocenters. The summed E-state index contributed by atoms with van der Waals surface area (Å²) in [5.74, 6) is 0.447. The first-order valence-electron chi connectivity index (χ1n) is 9.18. The lowest BCUT2D eigenvalue weighted by atomic mass is 9.84. The Bertz CT molecular complexity index is 1040. The van der Waals surface area contributed by atoms with Gasteiger partial charge in [0.25, 0.3) is 0 Å². The molecule has 0 saturated heterocycles. The molecule has 0 aliphatic carbocycles. The highest BCUT2D eigenvalue weighted by molar-refractivity contribution is 7.99. The minimum atomic E-state index is 0.447. The summed E-state index contributed by atoms with van der Waals surface area (Å²) < 4.78 is 0. The molecule has 1 heteroatoms. The van der Waals surface area contributed by atoms with Crippen LogP contribution in [-0.4, -0.2) is 0 Å². The third-order valence-corrected chi connectivity index (χ3v) is 6.81. The summed E-state index contributed by atoms with van der Waals surface area (Å²) in [5.41, 5.74) is 4.33. The number of hydrogen-bond acceptors (Lipinski definition) is 1. The minimum Gasteiger partial charge on any atom is -0.117 e. The molecule has 0 fully saturated rings. The average Bonchev–Trinajstić information content (AvgIpc) is 2.74. The molecule has 2 atom stereocenters. The molecule has 26 heavy (non-hydrogen) atoms. The Kier molecular flexibility index (Phi) is 4.03. The van der Waals surface area contributed by atoms with Gasteiger partial charge in [-0.2, -0.15) is 0 Å². The van der Waals surface area contributed by atoms with Crippen LogP contribution in [0.25, 0.3) is 10.8 Å². The van der Waals surface area contributed by atoms with Crippen LogP contribution in [0.2, 0.25) is 0 Å². The zero-order valence-electron chi connectivity index (χ0n) is 14.5. The van der Waals surface area contributed by atoms with Gasteiger partial charge in [0, 0.05) is 16.1 Å². The van der Waals surface area contributed by atoms with Crippen molar-refractivity contribution in [3.8, 4) is 0 Å². The highest BCUT2D eigenvalue weighted by Crippen LogP contribution is 2.53. The van der Waals surface area contributed by atoms with E-state index in [1.807, 2.05) is 11.8 Å². The summed E-state index contributed by atoms with van der Waals surface area (Å²) in [7, 11) is 0. The van der Waals surface area contributed by atoms with E-state index in [4.69, 9.17) is 0 Å². The average molecular weight is 353 g/mol. The zero-order valence-corrected chi connectivity index (χ0v) is 15.3. The van der Waals surface area contributed by atoms with Crippen molar-refractivity contribution in [3.63, 3.8) is 0 Å². The van der Waals surface area contributed by atoms with Gasteiger partial charge in [0.2, 0.25) is 0 Å². The van der Waals surface area contributed by atoms with Crippen molar-refractivity contribution in [1.29, 1.82) is 0 Å². The summed E-state index contributed by atoms with van der Waals surface area (Å²) in [5, 5.41) is 3.20. The third kappa shape index (κ3) is 2.73. The van der Waals surface area contributed by atoms with Gasteiger partial charge >= 0.3 is 0 Å². The molecule has 4 aromatic carbocycles. The molecular formula is C25H20S. The molecule has 1 aliphatic rings. The van der Waals surface area contributed by atoms with E-state index < -0.39 is 0 Å². The molecule has 1 heterocycles. The van der Waals surface area contributed by atoms with Crippen LogP contribution in [0.15, 0.2) is 102 Å². The smallest absolute Gasteiger partial charge is 0.0353 e. The maximum absolute atomic E-state index is 2.35. The van der Waals surface area contributed by atoms with Gasteiger partial charge in [0.05, 0.1) is 0 Å². The lowest BCUT2D eigenvalue weighted by molar-refractivity contribution is 0.679. The molecule has 5 rings (SSSR count). The lowest BCUT2D eigenvalue weighted by Gasteiger charge is -2.32. The summed E-state index contributed by atoms with van der Waals surface area (Å²) >= 11 is 2.04. The van der Waals surface area contributed by atoms with Crippen molar-refractivity contribution in [3.05, 3.63) is 114 Å². The molecule has 126 valence electrons. The number of thioether (sulfide) groups is 1. The number of hydrogen-bond donors (Lipinski definition) is 0. The summed E-state index contributed by atoms with van der Waals surface area (Å²) in [6.45, 7) is 0. The SMILES string of the molecule is c1ccc(C2CC(c3ccccc3)c3ccc4ccccc4c3S2)cc1. The van der Waals surface area contributed by atoms with Crippen molar-refractivity contribution >= 4 is 22.5 Å². The van der Waals surface area contributed by atoms with Crippen LogP contribution in [0.4, 0.5) is 0 Å². The van der Waals surface area contributed by atoms with Crippen molar-refractivity contribution in [2.24, 2.45) is 0 Å². The van der Waals surface area contributed by atoms with Crippen LogP contribution in [-0.2, 0) is 0 Å². The fourth-order valence-electron chi connectivity index (χ4n) is 4.07. The van der Waals surface area contributed by atoms with E-state index in [9.17, 15) is 0 Å². The quantitative estimate of drug-likeness (QED) is 0.367. The third-order valence-electron chi connectivity index (χ3n) is 5.37. The molecule has 0 saturated carbocycles. The Hall–Kier alpha value is -2.51. The highest BCUT2D eigenvalue weighted by Gasteiger charge is 2.30. The summed E-state index contributed by atoms with van der Waals surface area (Å²) in [6, 6.07) is 35.4. The second-order valence-corrected chi connectivity index (χ2v) is 8.13. The summed E-state index contributed by atoms with van der Waals surface area (Å²) in [4.78, 5) is 1.46. The van der Waals surface area contributed by atoms with E-state index in [0.29, 0.717) is 11.2 Å². The van der Waals surface area contributed by atoms with Crippen LogP contribution in [0, 0.1) is 0 Å². The van der Waals surface area contributed by atoms with Crippen molar-refractivity contribution in [1.82, 2.24) is 0 Å². The predicted molar refractivity (Wildman–Crippen MR) is 112 cm³/mol. The first-order valence-corrected chi connectivity index (χ1v) is 10.1. The molecule has 0 radical (unpaired) electrons.